The topological polar surface area (TPSA) is 92.4 Å². The van der Waals surface area contributed by atoms with Gasteiger partial charge in [-0.05, 0) is 54.1 Å². The number of nitrogens with zero attached hydrogens (tertiary/aromatic N) is 3. The van der Waals surface area contributed by atoms with Gasteiger partial charge in [0.1, 0.15) is 35.4 Å². The molecule has 6 rings (SSSR count). The molecular formula is C35H33F4N5O3S. The summed E-state index contributed by atoms with van der Waals surface area (Å²) < 4.78 is 68.6. The molecule has 0 saturated heterocycles. The first-order valence-corrected chi connectivity index (χ1v) is 16.2. The number of methoxy groups -OCH3 is 1. The van der Waals surface area contributed by atoms with Gasteiger partial charge in [-0.25, -0.2) is 22.5 Å². The Morgan fingerprint density at radius 2 is 1.96 bits per heavy atom. The molecule has 1 aliphatic rings. The largest absolute Gasteiger partial charge is 0.490 e. The highest BCUT2D eigenvalue weighted by Gasteiger charge is 2.28. The number of halogens is 4. The smallest absolute Gasteiger partial charge is 0.251 e. The molecule has 2 aromatic carbocycles. The number of nitrogens with one attached hydrogen (secondary N) is 2. The molecule has 0 aliphatic carbocycles. The monoisotopic (exact) mass is 679 g/mol. The molecule has 4 heterocycles. The molecule has 0 saturated carbocycles. The second kappa shape index (κ2) is 14.3. The van der Waals surface area contributed by atoms with E-state index >= 15 is 4.39 Å². The summed E-state index contributed by atoms with van der Waals surface area (Å²) in [4.78, 5) is 18.8. The first-order valence-electron chi connectivity index (χ1n) is 15.3. The number of fused-ring (bicyclic) bond motifs is 2. The van der Waals surface area contributed by atoms with E-state index in [0.29, 0.717) is 57.9 Å². The summed E-state index contributed by atoms with van der Waals surface area (Å²) in [5.74, 6) is -2.04. The Balaban J connectivity index is 1.56. The van der Waals surface area contributed by atoms with Crippen molar-refractivity contribution in [2.75, 3.05) is 33.4 Å². The van der Waals surface area contributed by atoms with Crippen molar-refractivity contribution in [3.8, 4) is 39.5 Å². The van der Waals surface area contributed by atoms with E-state index in [4.69, 9.17) is 14.5 Å². The molecule has 0 radical (unpaired) electrons. The lowest BCUT2D eigenvalue weighted by atomic mass is 9.93. The molecular weight excluding hydrogens is 646 g/mol. The summed E-state index contributed by atoms with van der Waals surface area (Å²) in [5, 5.41) is 12.8. The molecule has 1 aliphatic heterocycles. The lowest BCUT2D eigenvalue weighted by Crippen LogP contribution is -2.34. The molecule has 0 fully saturated rings. The Labute approximate surface area is 278 Å². The SMILES string of the molecule is C=CC(=O)NC(C)c1cc(-c2nc(-c3ccc4c(c3)CN(CC(F)F)CC4)c3ccsc3c2-c2c(F)cc(F)cc2OCCOC)n[nH]1. The predicted octanol–water partition coefficient (Wildman–Crippen LogP) is 7.31. The Morgan fingerprint density at radius 1 is 1.12 bits per heavy atom. The molecule has 0 bridgehead atoms. The van der Waals surface area contributed by atoms with Crippen LogP contribution in [0.5, 0.6) is 5.75 Å². The number of benzene rings is 2. The van der Waals surface area contributed by atoms with Crippen LogP contribution in [0.4, 0.5) is 17.6 Å². The van der Waals surface area contributed by atoms with Crippen molar-refractivity contribution in [1.82, 2.24) is 25.4 Å². The summed E-state index contributed by atoms with van der Waals surface area (Å²) in [7, 11) is 1.50. The van der Waals surface area contributed by atoms with Gasteiger partial charge in [0.2, 0.25) is 5.91 Å². The molecule has 1 atom stereocenters. The minimum atomic E-state index is -2.43. The third-order valence-corrected chi connectivity index (χ3v) is 9.17. The second-order valence-corrected chi connectivity index (χ2v) is 12.4. The predicted molar refractivity (Wildman–Crippen MR) is 177 cm³/mol. The van der Waals surface area contributed by atoms with Crippen LogP contribution < -0.4 is 10.1 Å². The molecule has 1 amide bonds. The van der Waals surface area contributed by atoms with Crippen molar-refractivity contribution in [3.63, 3.8) is 0 Å². The first-order chi connectivity index (χ1) is 23.2. The fourth-order valence-corrected chi connectivity index (χ4v) is 6.90. The molecule has 5 aromatic rings. The normalized spacial score (nSPS) is 13.9. The van der Waals surface area contributed by atoms with Crippen LogP contribution in [-0.2, 0) is 22.5 Å². The summed E-state index contributed by atoms with van der Waals surface area (Å²) in [6.45, 7) is 6.13. The van der Waals surface area contributed by atoms with Crippen LogP contribution >= 0.6 is 11.3 Å². The number of rotatable bonds is 12. The van der Waals surface area contributed by atoms with E-state index in [1.807, 2.05) is 29.6 Å². The van der Waals surface area contributed by atoms with E-state index in [9.17, 15) is 18.0 Å². The Bertz CT molecular complexity index is 1980. The van der Waals surface area contributed by atoms with E-state index < -0.39 is 24.1 Å². The number of hydrogen-bond acceptors (Lipinski definition) is 7. The van der Waals surface area contributed by atoms with Crippen LogP contribution in [0.15, 0.2) is 60.5 Å². The fourth-order valence-electron chi connectivity index (χ4n) is 5.95. The highest BCUT2D eigenvalue weighted by Crippen LogP contribution is 2.47. The van der Waals surface area contributed by atoms with Crippen molar-refractivity contribution in [3.05, 3.63) is 89.0 Å². The Hall–Kier alpha value is -4.59. The molecule has 48 heavy (non-hydrogen) atoms. The first kappa shape index (κ1) is 33.3. The average Bonchev–Trinajstić information content (AvgIpc) is 3.75. The minimum absolute atomic E-state index is 0.0136. The summed E-state index contributed by atoms with van der Waals surface area (Å²) in [5.41, 5.74) is 4.93. The van der Waals surface area contributed by atoms with Crippen LogP contribution in [0.25, 0.3) is 43.9 Å². The summed E-state index contributed by atoms with van der Waals surface area (Å²) in [6, 6.07) is 11.0. The highest BCUT2D eigenvalue weighted by molar-refractivity contribution is 7.18. The second-order valence-electron chi connectivity index (χ2n) is 11.5. The maximum absolute atomic E-state index is 16.0. The maximum Gasteiger partial charge on any atom is 0.251 e. The van der Waals surface area contributed by atoms with E-state index in [1.165, 1.54) is 18.4 Å². The molecule has 1 unspecified atom stereocenters. The van der Waals surface area contributed by atoms with Gasteiger partial charge in [0.05, 0.1) is 36.1 Å². The van der Waals surface area contributed by atoms with E-state index in [2.05, 4.69) is 22.1 Å². The lowest BCUT2D eigenvalue weighted by Gasteiger charge is -2.28. The third-order valence-electron chi connectivity index (χ3n) is 8.24. The van der Waals surface area contributed by atoms with Gasteiger partial charge in [-0.2, -0.15) is 5.10 Å². The number of pyridine rings is 1. The van der Waals surface area contributed by atoms with Gasteiger partial charge in [0.25, 0.3) is 6.43 Å². The molecule has 2 N–H and O–H groups in total. The van der Waals surface area contributed by atoms with Crippen LogP contribution in [-0.4, -0.2) is 65.8 Å². The van der Waals surface area contributed by atoms with Gasteiger partial charge in [-0.1, -0.05) is 18.7 Å². The van der Waals surface area contributed by atoms with Crippen molar-refractivity contribution in [2.45, 2.75) is 32.4 Å². The summed E-state index contributed by atoms with van der Waals surface area (Å²) >= 11 is 1.36. The van der Waals surface area contributed by atoms with E-state index in [1.54, 1.807) is 17.9 Å². The van der Waals surface area contributed by atoms with Gasteiger partial charge < -0.3 is 14.8 Å². The minimum Gasteiger partial charge on any atom is -0.490 e. The highest BCUT2D eigenvalue weighted by atomic mass is 32.1. The number of carbonyl (C=O) groups is 1. The molecule has 250 valence electrons. The van der Waals surface area contributed by atoms with Crippen molar-refractivity contribution in [2.24, 2.45) is 0 Å². The number of aromatic amines is 1. The molecule has 3 aromatic heterocycles. The Kier molecular flexibility index (Phi) is 9.90. The number of H-pyrrole nitrogens is 1. The number of aromatic nitrogens is 3. The van der Waals surface area contributed by atoms with Gasteiger partial charge in [0, 0.05) is 53.5 Å². The van der Waals surface area contributed by atoms with Gasteiger partial charge in [-0.15, -0.1) is 11.3 Å². The van der Waals surface area contributed by atoms with Gasteiger partial charge in [0.15, 0.2) is 0 Å². The van der Waals surface area contributed by atoms with Crippen LogP contribution in [0.3, 0.4) is 0 Å². The third kappa shape index (κ3) is 6.84. The zero-order valence-corrected chi connectivity index (χ0v) is 27.1. The maximum atomic E-state index is 16.0. The average molecular weight is 680 g/mol. The zero-order valence-electron chi connectivity index (χ0n) is 26.3. The van der Waals surface area contributed by atoms with E-state index in [0.717, 1.165) is 34.9 Å². The van der Waals surface area contributed by atoms with Gasteiger partial charge in [-0.3, -0.25) is 14.8 Å². The van der Waals surface area contributed by atoms with Crippen molar-refractivity contribution in [1.29, 1.82) is 0 Å². The molecule has 0 spiro atoms. The van der Waals surface area contributed by atoms with Crippen LogP contribution in [0, 0.1) is 11.6 Å². The number of carbonyl (C=O) groups excluding carboxylic acids is 1. The number of amides is 1. The molecule has 8 nitrogen and oxygen atoms in total. The van der Waals surface area contributed by atoms with Gasteiger partial charge >= 0.3 is 0 Å². The van der Waals surface area contributed by atoms with Crippen molar-refractivity contribution < 1.29 is 31.8 Å². The quantitative estimate of drug-likeness (QED) is 0.0817. The lowest BCUT2D eigenvalue weighted by molar-refractivity contribution is -0.117. The Morgan fingerprint density at radius 3 is 2.73 bits per heavy atom. The standard InChI is InChI=1S/C35H33F4N5O3S/c1-4-30(45)40-19(2)26-16-27(43-42-26)34-32(31-25(37)14-23(36)15-28(31)47-11-10-46-3)35-24(8-12-48-35)33(41-34)21-6-5-20-7-9-44(18-29(38)39)17-22(20)13-21/h4-6,8,12-16,19,29H,1,7,9-11,17-18H2,2-3H3,(H,40,45)(H,42,43). The van der Waals surface area contributed by atoms with Crippen LogP contribution in [0.2, 0.25) is 0 Å². The number of thiophene rings is 1. The van der Waals surface area contributed by atoms with Crippen molar-refractivity contribution >= 4 is 27.3 Å². The number of hydrogen-bond donors (Lipinski definition) is 2. The number of alkyl halides is 2. The zero-order chi connectivity index (χ0) is 33.9. The fraction of sp³-hybridized carbons (Fsp3) is 0.286. The molecule has 13 heteroatoms. The van der Waals surface area contributed by atoms with Crippen LogP contribution in [0.1, 0.15) is 29.8 Å². The number of ether oxygens (including phenoxy) is 2. The summed E-state index contributed by atoms with van der Waals surface area (Å²) in [6.07, 6.45) is -0.614. The van der Waals surface area contributed by atoms with E-state index in [-0.39, 0.29) is 37.0 Å².